The minimum absolute atomic E-state index is 0.00515. The zero-order valence-corrected chi connectivity index (χ0v) is 22.6. The lowest BCUT2D eigenvalue weighted by molar-refractivity contribution is -0.142. The van der Waals surface area contributed by atoms with Crippen molar-refractivity contribution >= 4 is 29.1 Å². The van der Waals surface area contributed by atoms with Crippen LogP contribution in [0.2, 0.25) is 0 Å². The maximum absolute atomic E-state index is 13.9. The summed E-state index contributed by atoms with van der Waals surface area (Å²) >= 11 is 0. The Hall–Kier alpha value is -4.37. The number of anilines is 2. The van der Waals surface area contributed by atoms with Gasteiger partial charge in [-0.05, 0) is 42.7 Å². The summed E-state index contributed by atoms with van der Waals surface area (Å²) in [5.41, 5.74) is 1.71. The normalized spacial score (nSPS) is 16.3. The summed E-state index contributed by atoms with van der Waals surface area (Å²) in [5.74, 6) is 0.174. The number of piperidine rings is 1. The largest absolute Gasteiger partial charge is 0.497 e. The highest BCUT2D eigenvalue weighted by Gasteiger charge is 2.54. The number of methoxy groups -OCH3 is 1. The molecule has 3 aromatic carbocycles. The maximum atomic E-state index is 13.9. The molecule has 0 unspecified atom stereocenters. The zero-order valence-electron chi connectivity index (χ0n) is 22.6. The number of para-hydroxylation sites is 1. The number of hydrogen-bond donors (Lipinski definition) is 1. The van der Waals surface area contributed by atoms with Crippen LogP contribution in [0.1, 0.15) is 18.4 Å². The quantitative estimate of drug-likeness (QED) is 0.445. The molecule has 40 heavy (non-hydrogen) atoms. The van der Waals surface area contributed by atoms with Crippen LogP contribution in [0.5, 0.6) is 5.75 Å². The second-order valence-electron chi connectivity index (χ2n) is 10.1. The number of nitrogens with one attached hydrogen (secondary N) is 1. The SMILES string of the molecule is COc1cccc(NC(=O)CN2CN(c3ccccc3)C3(CCN(C(=O)COCc4ccccc4)CC3)C2=O)c1. The average Bonchev–Trinajstić information content (AvgIpc) is 3.24. The summed E-state index contributed by atoms with van der Waals surface area (Å²) in [6.45, 7) is 1.46. The van der Waals surface area contributed by atoms with Crippen LogP contribution in [0.25, 0.3) is 0 Å². The molecule has 3 amide bonds. The van der Waals surface area contributed by atoms with Crippen molar-refractivity contribution in [2.24, 2.45) is 0 Å². The molecule has 9 heteroatoms. The monoisotopic (exact) mass is 542 g/mol. The Morgan fingerprint density at radius 3 is 2.33 bits per heavy atom. The van der Waals surface area contributed by atoms with Crippen LogP contribution in [0.3, 0.4) is 0 Å². The molecular formula is C31H34N4O5. The lowest BCUT2D eigenvalue weighted by Crippen LogP contribution is -2.57. The van der Waals surface area contributed by atoms with Gasteiger partial charge in [0.25, 0.3) is 5.91 Å². The minimum Gasteiger partial charge on any atom is -0.497 e. The summed E-state index contributed by atoms with van der Waals surface area (Å²) in [5, 5.41) is 2.87. The van der Waals surface area contributed by atoms with Gasteiger partial charge in [0.1, 0.15) is 24.4 Å². The molecule has 2 heterocycles. The summed E-state index contributed by atoms with van der Waals surface area (Å²) in [7, 11) is 1.57. The van der Waals surface area contributed by atoms with Crippen molar-refractivity contribution in [3.05, 3.63) is 90.5 Å². The minimum atomic E-state index is -0.820. The first-order valence-corrected chi connectivity index (χ1v) is 13.4. The van der Waals surface area contributed by atoms with Crippen molar-refractivity contribution < 1.29 is 23.9 Å². The first kappa shape index (κ1) is 27.2. The number of rotatable bonds is 9. The highest BCUT2D eigenvalue weighted by atomic mass is 16.5. The molecule has 5 rings (SSSR count). The van der Waals surface area contributed by atoms with E-state index in [1.807, 2.05) is 60.7 Å². The first-order chi connectivity index (χ1) is 19.5. The first-order valence-electron chi connectivity index (χ1n) is 13.4. The number of likely N-dealkylation sites (tertiary alicyclic amines) is 1. The van der Waals surface area contributed by atoms with Crippen LogP contribution in [-0.2, 0) is 25.7 Å². The van der Waals surface area contributed by atoms with E-state index in [0.717, 1.165) is 11.3 Å². The summed E-state index contributed by atoms with van der Waals surface area (Å²) in [6, 6.07) is 26.6. The third-order valence-corrected chi connectivity index (χ3v) is 7.55. The molecule has 0 aliphatic carbocycles. The highest BCUT2D eigenvalue weighted by Crippen LogP contribution is 2.39. The van der Waals surface area contributed by atoms with Crippen LogP contribution in [0, 0.1) is 0 Å². The Morgan fingerprint density at radius 1 is 0.925 bits per heavy atom. The number of benzene rings is 3. The summed E-state index contributed by atoms with van der Waals surface area (Å²) < 4.78 is 10.9. The van der Waals surface area contributed by atoms with E-state index >= 15 is 0 Å². The van der Waals surface area contributed by atoms with Gasteiger partial charge in [0.15, 0.2) is 0 Å². The fourth-order valence-corrected chi connectivity index (χ4v) is 5.44. The van der Waals surface area contributed by atoms with E-state index in [4.69, 9.17) is 9.47 Å². The molecule has 0 bridgehead atoms. The molecule has 0 saturated carbocycles. The standard InChI is InChI=1S/C31H34N4O5/c1-39-27-14-8-11-25(19-27)32-28(36)20-34-23-35(26-12-6-3-7-13-26)31(30(34)38)15-17-33(18-16-31)29(37)22-40-21-24-9-4-2-5-10-24/h2-14,19H,15-18,20-23H2,1H3,(H,32,36). The molecule has 2 saturated heterocycles. The van der Waals surface area contributed by atoms with Gasteiger partial charge in [-0.3, -0.25) is 14.4 Å². The fraction of sp³-hybridized carbons (Fsp3) is 0.323. The maximum Gasteiger partial charge on any atom is 0.250 e. The Balaban J connectivity index is 1.24. The van der Waals surface area contributed by atoms with Gasteiger partial charge in [-0.15, -0.1) is 0 Å². The van der Waals surface area contributed by atoms with E-state index < -0.39 is 5.54 Å². The molecular weight excluding hydrogens is 508 g/mol. The molecule has 0 radical (unpaired) electrons. The van der Waals surface area contributed by atoms with Gasteiger partial charge in [0.2, 0.25) is 11.8 Å². The number of carbonyl (C=O) groups excluding carboxylic acids is 3. The summed E-state index contributed by atoms with van der Waals surface area (Å²) in [4.78, 5) is 45.2. The van der Waals surface area contributed by atoms with Crippen molar-refractivity contribution in [2.75, 3.05) is 50.2 Å². The van der Waals surface area contributed by atoms with E-state index in [9.17, 15) is 14.4 Å². The van der Waals surface area contributed by atoms with E-state index in [2.05, 4.69) is 10.2 Å². The smallest absolute Gasteiger partial charge is 0.250 e. The van der Waals surface area contributed by atoms with Crippen molar-refractivity contribution in [2.45, 2.75) is 25.0 Å². The Bertz CT molecular complexity index is 1330. The molecule has 2 aliphatic rings. The zero-order chi connectivity index (χ0) is 28.0. The molecule has 3 aromatic rings. The average molecular weight is 543 g/mol. The van der Waals surface area contributed by atoms with Crippen LogP contribution in [0.4, 0.5) is 11.4 Å². The lowest BCUT2D eigenvalue weighted by Gasteiger charge is -2.43. The molecule has 208 valence electrons. The van der Waals surface area contributed by atoms with E-state index in [1.165, 1.54) is 0 Å². The van der Waals surface area contributed by atoms with Crippen LogP contribution < -0.4 is 15.0 Å². The van der Waals surface area contributed by atoms with Gasteiger partial charge in [-0.2, -0.15) is 0 Å². The predicted octanol–water partition coefficient (Wildman–Crippen LogP) is 3.52. The van der Waals surface area contributed by atoms with Gasteiger partial charge >= 0.3 is 0 Å². The molecule has 1 N–H and O–H groups in total. The van der Waals surface area contributed by atoms with Gasteiger partial charge in [0, 0.05) is 30.5 Å². The molecule has 1 spiro atoms. The van der Waals surface area contributed by atoms with Crippen molar-refractivity contribution in [3.63, 3.8) is 0 Å². The topological polar surface area (TPSA) is 91.4 Å². The van der Waals surface area contributed by atoms with Gasteiger partial charge in [-0.25, -0.2) is 0 Å². The second-order valence-corrected chi connectivity index (χ2v) is 10.1. The third-order valence-electron chi connectivity index (χ3n) is 7.55. The third kappa shape index (κ3) is 5.94. The van der Waals surface area contributed by atoms with Crippen molar-refractivity contribution in [3.8, 4) is 5.75 Å². The van der Waals surface area contributed by atoms with E-state index in [-0.39, 0.29) is 30.9 Å². The van der Waals surface area contributed by atoms with Gasteiger partial charge in [0.05, 0.1) is 20.4 Å². The lowest BCUT2D eigenvalue weighted by atomic mass is 9.85. The Labute approximate surface area is 234 Å². The molecule has 0 aromatic heterocycles. The predicted molar refractivity (Wildman–Crippen MR) is 152 cm³/mol. The van der Waals surface area contributed by atoms with Crippen molar-refractivity contribution in [1.82, 2.24) is 9.80 Å². The van der Waals surface area contributed by atoms with Crippen molar-refractivity contribution in [1.29, 1.82) is 0 Å². The fourth-order valence-electron chi connectivity index (χ4n) is 5.44. The van der Waals surface area contributed by atoms with Crippen LogP contribution in [-0.4, -0.2) is 73.1 Å². The molecule has 0 atom stereocenters. The summed E-state index contributed by atoms with van der Waals surface area (Å²) in [6.07, 6.45) is 0.943. The Morgan fingerprint density at radius 2 is 1.62 bits per heavy atom. The molecule has 9 nitrogen and oxygen atoms in total. The van der Waals surface area contributed by atoms with Gasteiger partial charge in [-0.1, -0.05) is 54.6 Å². The number of amides is 3. The van der Waals surface area contributed by atoms with Crippen LogP contribution in [0.15, 0.2) is 84.9 Å². The van der Waals surface area contributed by atoms with E-state index in [0.29, 0.717) is 50.6 Å². The number of hydrogen-bond acceptors (Lipinski definition) is 6. The van der Waals surface area contributed by atoms with E-state index in [1.54, 1.807) is 41.2 Å². The van der Waals surface area contributed by atoms with Gasteiger partial charge < -0.3 is 29.5 Å². The highest BCUT2D eigenvalue weighted by molar-refractivity contribution is 5.99. The molecule has 2 aliphatic heterocycles. The Kier molecular flexibility index (Phi) is 8.31. The number of ether oxygens (including phenoxy) is 2. The number of carbonyl (C=O) groups is 3. The molecule has 2 fully saturated rings. The van der Waals surface area contributed by atoms with Crippen LogP contribution >= 0.6 is 0 Å². The number of nitrogens with zero attached hydrogens (tertiary/aromatic N) is 3. The second kappa shape index (κ2) is 12.2.